The molecule has 0 aliphatic heterocycles. The summed E-state index contributed by atoms with van der Waals surface area (Å²) in [4.78, 5) is 6.78. The van der Waals surface area contributed by atoms with Gasteiger partial charge in [0.1, 0.15) is 11.6 Å². The molecule has 1 aliphatic carbocycles. The first-order valence-electron chi connectivity index (χ1n) is 9.23. The van der Waals surface area contributed by atoms with Crippen molar-refractivity contribution in [2.24, 2.45) is 4.99 Å². The molecule has 1 aliphatic rings. The van der Waals surface area contributed by atoms with Crippen LogP contribution in [0.25, 0.3) is 0 Å². The normalized spacial score (nSPS) is 19.0. The number of hydrogen-bond acceptors (Lipinski definition) is 3. The van der Waals surface area contributed by atoms with Crippen LogP contribution in [-0.2, 0) is 4.74 Å². The third-order valence-corrected chi connectivity index (χ3v) is 4.47. The number of likely N-dealkylation sites (N-methyl/N-ethyl adjacent to an activating group) is 1. The van der Waals surface area contributed by atoms with Crippen LogP contribution in [0, 0.1) is 11.6 Å². The second-order valence-corrected chi connectivity index (χ2v) is 6.64. The minimum Gasteiger partial charge on any atom is -0.385 e. The van der Waals surface area contributed by atoms with Crippen LogP contribution >= 0.6 is 24.0 Å². The van der Waals surface area contributed by atoms with Gasteiger partial charge in [0.05, 0.1) is 6.54 Å². The molecule has 0 aromatic heterocycles. The van der Waals surface area contributed by atoms with Crippen LogP contribution in [0.2, 0.25) is 0 Å². The fraction of sp³-hybridized carbons (Fsp3) is 0.632. The van der Waals surface area contributed by atoms with Gasteiger partial charge < -0.3 is 20.3 Å². The lowest BCUT2D eigenvalue weighted by Gasteiger charge is -2.16. The Morgan fingerprint density at radius 3 is 2.63 bits per heavy atom. The van der Waals surface area contributed by atoms with Crippen LogP contribution in [0.4, 0.5) is 8.78 Å². The van der Waals surface area contributed by atoms with E-state index >= 15 is 0 Å². The Morgan fingerprint density at radius 2 is 2.00 bits per heavy atom. The minimum atomic E-state index is -0.473. The van der Waals surface area contributed by atoms with E-state index in [0.29, 0.717) is 18.9 Å². The summed E-state index contributed by atoms with van der Waals surface area (Å²) in [5.74, 6) is -0.392. The first-order valence-corrected chi connectivity index (χ1v) is 9.23. The molecule has 154 valence electrons. The molecule has 2 atom stereocenters. The van der Waals surface area contributed by atoms with Crippen molar-refractivity contribution in [2.75, 3.05) is 46.9 Å². The molecule has 0 spiro atoms. The molecule has 0 radical (unpaired) electrons. The summed E-state index contributed by atoms with van der Waals surface area (Å²) in [6.45, 7) is 5.95. The van der Waals surface area contributed by atoms with Crippen LogP contribution in [0.15, 0.2) is 23.2 Å². The van der Waals surface area contributed by atoms with E-state index in [2.05, 4.69) is 27.6 Å². The van der Waals surface area contributed by atoms with Crippen molar-refractivity contribution in [3.63, 3.8) is 0 Å². The van der Waals surface area contributed by atoms with Crippen molar-refractivity contribution >= 4 is 29.9 Å². The predicted octanol–water partition coefficient (Wildman–Crippen LogP) is 2.96. The third-order valence-electron chi connectivity index (χ3n) is 4.47. The summed E-state index contributed by atoms with van der Waals surface area (Å²) < 4.78 is 32.8. The van der Waals surface area contributed by atoms with E-state index in [9.17, 15) is 8.78 Å². The summed E-state index contributed by atoms with van der Waals surface area (Å²) >= 11 is 0. The Morgan fingerprint density at radius 1 is 1.30 bits per heavy atom. The van der Waals surface area contributed by atoms with Gasteiger partial charge >= 0.3 is 0 Å². The van der Waals surface area contributed by atoms with Crippen molar-refractivity contribution in [3.8, 4) is 0 Å². The molecule has 2 unspecified atom stereocenters. The average Bonchev–Trinajstić information content (AvgIpc) is 3.34. The van der Waals surface area contributed by atoms with Crippen molar-refractivity contribution in [2.45, 2.75) is 31.7 Å². The van der Waals surface area contributed by atoms with Crippen LogP contribution < -0.4 is 10.6 Å². The fourth-order valence-corrected chi connectivity index (χ4v) is 2.96. The van der Waals surface area contributed by atoms with E-state index in [1.54, 1.807) is 7.11 Å². The van der Waals surface area contributed by atoms with Gasteiger partial charge in [0.2, 0.25) is 0 Å². The molecule has 2 rings (SSSR count). The fourth-order valence-electron chi connectivity index (χ4n) is 2.96. The number of rotatable bonds is 10. The molecule has 0 heterocycles. The van der Waals surface area contributed by atoms with Gasteiger partial charge in [-0.15, -0.1) is 24.0 Å². The molecule has 1 aromatic carbocycles. The Labute approximate surface area is 178 Å². The van der Waals surface area contributed by atoms with Gasteiger partial charge in [0, 0.05) is 50.9 Å². The predicted molar refractivity (Wildman–Crippen MR) is 116 cm³/mol. The number of halogens is 3. The minimum absolute atomic E-state index is 0. The third kappa shape index (κ3) is 7.87. The van der Waals surface area contributed by atoms with E-state index in [1.807, 2.05) is 6.92 Å². The Bertz CT molecular complexity index is 583. The van der Waals surface area contributed by atoms with E-state index < -0.39 is 11.6 Å². The highest BCUT2D eigenvalue weighted by Gasteiger charge is 2.42. The number of nitrogens with zero attached hydrogens (tertiary/aromatic N) is 2. The van der Waals surface area contributed by atoms with Gasteiger partial charge in [-0.25, -0.2) is 8.78 Å². The highest BCUT2D eigenvalue weighted by molar-refractivity contribution is 14.0. The average molecular weight is 496 g/mol. The molecule has 1 fully saturated rings. The molecule has 1 aromatic rings. The largest absolute Gasteiger partial charge is 0.385 e. The molecule has 0 amide bonds. The zero-order chi connectivity index (χ0) is 18.9. The zero-order valence-corrected chi connectivity index (χ0v) is 18.6. The van der Waals surface area contributed by atoms with E-state index in [4.69, 9.17) is 4.74 Å². The smallest absolute Gasteiger partial charge is 0.191 e. The van der Waals surface area contributed by atoms with Crippen molar-refractivity contribution in [3.05, 3.63) is 35.4 Å². The van der Waals surface area contributed by atoms with Gasteiger partial charge in [0.25, 0.3) is 0 Å². The van der Waals surface area contributed by atoms with E-state index in [1.165, 1.54) is 18.2 Å². The Hall–Kier alpha value is -1.000. The summed E-state index contributed by atoms with van der Waals surface area (Å²) in [6.07, 6.45) is 1.70. The maximum atomic E-state index is 13.9. The highest BCUT2D eigenvalue weighted by Crippen LogP contribution is 2.42. The number of ether oxygens (including phenoxy) is 1. The van der Waals surface area contributed by atoms with Crippen molar-refractivity contribution in [1.29, 1.82) is 0 Å². The zero-order valence-electron chi connectivity index (χ0n) is 16.3. The summed E-state index contributed by atoms with van der Waals surface area (Å²) in [6, 6.07) is 4.03. The number of benzene rings is 1. The summed E-state index contributed by atoms with van der Waals surface area (Å²) in [7, 11) is 3.76. The molecular weight excluding hydrogens is 465 g/mol. The molecule has 0 saturated heterocycles. The molecule has 27 heavy (non-hydrogen) atoms. The highest BCUT2D eigenvalue weighted by atomic mass is 127. The lowest BCUT2D eigenvalue weighted by atomic mass is 10.1. The standard InChI is InChI=1S/C19H30F2N4O.HI/c1-4-22-19(23-9-11-25(2)10-6-12-26-3)24-17-13-14(17)18-15(20)7-5-8-16(18)21;/h5,7-8,14,17H,4,6,9-13H2,1-3H3,(H2,22,23,24);1H. The topological polar surface area (TPSA) is 48.9 Å². The number of nitrogens with one attached hydrogen (secondary N) is 2. The monoisotopic (exact) mass is 496 g/mol. The van der Waals surface area contributed by atoms with Gasteiger partial charge in [-0.3, -0.25) is 4.99 Å². The van der Waals surface area contributed by atoms with Crippen LogP contribution in [0.1, 0.15) is 31.2 Å². The lowest BCUT2D eigenvalue weighted by Crippen LogP contribution is -2.39. The van der Waals surface area contributed by atoms with Gasteiger partial charge in [-0.05, 0) is 38.9 Å². The lowest BCUT2D eigenvalue weighted by molar-refractivity contribution is 0.180. The van der Waals surface area contributed by atoms with Crippen LogP contribution in [0.5, 0.6) is 0 Å². The first-order chi connectivity index (χ1) is 12.6. The van der Waals surface area contributed by atoms with Gasteiger partial charge in [-0.2, -0.15) is 0 Å². The van der Waals surface area contributed by atoms with Crippen molar-refractivity contribution < 1.29 is 13.5 Å². The molecule has 0 bridgehead atoms. The number of guanidine groups is 1. The maximum absolute atomic E-state index is 13.9. The molecule has 1 saturated carbocycles. The number of aliphatic imine (C=N–C) groups is 1. The van der Waals surface area contributed by atoms with Crippen LogP contribution in [0.3, 0.4) is 0 Å². The van der Waals surface area contributed by atoms with Gasteiger partial charge in [-0.1, -0.05) is 6.07 Å². The second kappa shape index (κ2) is 12.5. The summed E-state index contributed by atoms with van der Waals surface area (Å²) in [5.41, 5.74) is 0.179. The first kappa shape index (κ1) is 24.0. The molecule has 2 N–H and O–H groups in total. The quantitative estimate of drug-likeness (QED) is 0.227. The van der Waals surface area contributed by atoms with E-state index in [0.717, 1.165) is 32.7 Å². The SMILES string of the molecule is CCNC(=NCCN(C)CCCOC)NC1CC1c1c(F)cccc1F.I. The Balaban J connectivity index is 0.00000364. The molecule has 8 heteroatoms. The summed E-state index contributed by atoms with van der Waals surface area (Å²) in [5, 5.41) is 6.48. The second-order valence-electron chi connectivity index (χ2n) is 6.64. The number of hydrogen-bond donors (Lipinski definition) is 2. The van der Waals surface area contributed by atoms with Gasteiger partial charge in [0.15, 0.2) is 5.96 Å². The molecule has 5 nitrogen and oxygen atoms in total. The Kier molecular flexibility index (Phi) is 11.1. The maximum Gasteiger partial charge on any atom is 0.191 e. The number of methoxy groups -OCH3 is 1. The molecular formula is C19H31F2IN4O. The van der Waals surface area contributed by atoms with Crippen LogP contribution in [-0.4, -0.2) is 63.8 Å². The van der Waals surface area contributed by atoms with Crippen molar-refractivity contribution in [1.82, 2.24) is 15.5 Å². The van der Waals surface area contributed by atoms with E-state index in [-0.39, 0.29) is 41.5 Å².